The molecule has 1 aromatic heterocycles. The smallest absolute Gasteiger partial charge is 0.259 e. The van der Waals surface area contributed by atoms with Gasteiger partial charge in [-0.1, -0.05) is 0 Å². The van der Waals surface area contributed by atoms with Crippen molar-refractivity contribution >= 4 is 39.1 Å². The highest BCUT2D eigenvalue weighted by Gasteiger charge is 2.44. The normalized spacial score (nSPS) is 20.9. The number of aromatic nitrogens is 2. The molecule has 1 saturated carbocycles. The predicted octanol–water partition coefficient (Wildman–Crippen LogP) is 2.21. The Morgan fingerprint density at radius 2 is 1.97 bits per heavy atom. The Bertz CT molecular complexity index is 1300. The van der Waals surface area contributed by atoms with Gasteiger partial charge in [-0.2, -0.15) is 4.98 Å². The van der Waals surface area contributed by atoms with Crippen LogP contribution in [0.4, 0.5) is 27.5 Å². The summed E-state index contributed by atoms with van der Waals surface area (Å²) in [5.41, 5.74) is 0.637. The number of carbonyl (C=O) groups excluding carboxylic acids is 1. The summed E-state index contributed by atoms with van der Waals surface area (Å²) in [7, 11) is -3.95. The van der Waals surface area contributed by atoms with E-state index < -0.39 is 34.1 Å². The van der Waals surface area contributed by atoms with Crippen LogP contribution in [0.5, 0.6) is 0 Å². The van der Waals surface area contributed by atoms with Crippen LogP contribution >= 0.6 is 0 Å². The second-order valence-corrected chi connectivity index (χ2v) is 12.1. The topological polar surface area (TPSA) is 137 Å². The van der Waals surface area contributed by atoms with Gasteiger partial charge < -0.3 is 25.0 Å². The van der Waals surface area contributed by atoms with Gasteiger partial charge in [0.05, 0.1) is 42.0 Å². The van der Waals surface area contributed by atoms with Crippen LogP contribution < -0.4 is 19.8 Å². The average Bonchev–Trinajstić information content (AvgIpc) is 3.64. The van der Waals surface area contributed by atoms with Gasteiger partial charge in [-0.25, -0.2) is 17.8 Å². The third kappa shape index (κ3) is 6.00. The number of amides is 1. The molecule has 1 aliphatic carbocycles. The summed E-state index contributed by atoms with van der Waals surface area (Å²) in [6.45, 7) is 4.53. The van der Waals surface area contributed by atoms with Crippen LogP contribution in [0.15, 0.2) is 24.4 Å². The number of benzene rings is 1. The lowest BCUT2D eigenvalue weighted by molar-refractivity contribution is 0.0526. The molecule has 206 valence electrons. The van der Waals surface area contributed by atoms with E-state index >= 15 is 4.39 Å². The fourth-order valence-electron chi connectivity index (χ4n) is 5.08. The van der Waals surface area contributed by atoms with Gasteiger partial charge in [0, 0.05) is 32.4 Å². The van der Waals surface area contributed by atoms with E-state index in [2.05, 4.69) is 20.0 Å². The maximum absolute atomic E-state index is 15.1. The number of piperidine rings is 1. The summed E-state index contributed by atoms with van der Waals surface area (Å²) >= 11 is 0. The molecular weight excluding hydrogens is 515 g/mol. The highest BCUT2D eigenvalue weighted by atomic mass is 32.2. The molecule has 2 aliphatic heterocycles. The zero-order valence-corrected chi connectivity index (χ0v) is 22.1. The maximum Gasteiger partial charge on any atom is 0.259 e. The first-order valence-corrected chi connectivity index (χ1v) is 14.5. The van der Waals surface area contributed by atoms with Crippen molar-refractivity contribution in [2.75, 3.05) is 65.0 Å². The molecule has 13 heteroatoms. The van der Waals surface area contributed by atoms with E-state index in [4.69, 9.17) is 9.84 Å². The molecule has 38 heavy (non-hydrogen) atoms. The highest BCUT2D eigenvalue weighted by molar-refractivity contribution is 7.92. The van der Waals surface area contributed by atoms with E-state index in [1.165, 1.54) is 18.9 Å². The third-order valence-electron chi connectivity index (χ3n) is 7.49. The van der Waals surface area contributed by atoms with E-state index in [1.807, 2.05) is 16.7 Å². The Morgan fingerprint density at radius 1 is 1.21 bits per heavy atom. The van der Waals surface area contributed by atoms with Crippen LogP contribution in [0.3, 0.4) is 0 Å². The van der Waals surface area contributed by atoms with Gasteiger partial charge >= 0.3 is 0 Å². The average molecular weight is 549 g/mol. The maximum atomic E-state index is 15.1. The number of hydrogen-bond acceptors (Lipinski definition) is 9. The lowest BCUT2D eigenvalue weighted by Gasteiger charge is -2.35. The Hall–Kier alpha value is -3.03. The first-order chi connectivity index (χ1) is 18.2. The largest absolute Gasteiger partial charge is 0.395 e. The quantitative estimate of drug-likeness (QED) is 0.453. The number of anilines is 4. The zero-order chi connectivity index (χ0) is 26.9. The molecule has 1 amide bonds. The molecule has 1 spiro atoms. The number of ether oxygens (including phenoxy) is 1. The fraction of sp³-hybridized carbons (Fsp3) is 0.560. The molecule has 11 nitrogen and oxygen atoms in total. The van der Waals surface area contributed by atoms with E-state index in [-0.39, 0.29) is 23.2 Å². The van der Waals surface area contributed by atoms with Crippen molar-refractivity contribution in [1.82, 2.24) is 9.97 Å². The van der Waals surface area contributed by atoms with Crippen molar-refractivity contribution in [3.8, 4) is 0 Å². The van der Waals surface area contributed by atoms with Crippen LogP contribution in [0.2, 0.25) is 0 Å². The van der Waals surface area contributed by atoms with Crippen LogP contribution in [0.25, 0.3) is 0 Å². The second kappa shape index (κ2) is 10.6. The lowest BCUT2D eigenvalue weighted by atomic mass is 9.93. The molecular formula is C25H33FN6O5S. The molecule has 2 aromatic rings. The van der Waals surface area contributed by atoms with Crippen molar-refractivity contribution in [2.24, 2.45) is 5.41 Å². The number of nitrogens with zero attached hydrogens (tertiary/aromatic N) is 4. The number of hydrogen-bond donors (Lipinski definition) is 3. The van der Waals surface area contributed by atoms with Crippen molar-refractivity contribution in [2.45, 2.75) is 38.7 Å². The van der Waals surface area contributed by atoms with E-state index in [9.17, 15) is 13.2 Å². The molecule has 1 aromatic carbocycles. The monoisotopic (exact) mass is 548 g/mol. The van der Waals surface area contributed by atoms with Gasteiger partial charge in [0.1, 0.15) is 11.6 Å². The molecule has 3 N–H and O–H groups in total. The summed E-state index contributed by atoms with van der Waals surface area (Å²) < 4.78 is 47.3. The predicted molar refractivity (Wildman–Crippen MR) is 142 cm³/mol. The first-order valence-electron chi connectivity index (χ1n) is 12.9. The van der Waals surface area contributed by atoms with Crippen molar-refractivity contribution < 1.29 is 27.4 Å². The van der Waals surface area contributed by atoms with Gasteiger partial charge in [-0.15, -0.1) is 0 Å². The molecule has 3 heterocycles. The van der Waals surface area contributed by atoms with Gasteiger partial charge in [-0.3, -0.25) is 9.52 Å². The fourth-order valence-corrected chi connectivity index (χ4v) is 5.91. The molecule has 2 saturated heterocycles. The van der Waals surface area contributed by atoms with Crippen molar-refractivity contribution in [3.05, 3.63) is 35.8 Å². The van der Waals surface area contributed by atoms with E-state index in [1.54, 1.807) is 12.3 Å². The first kappa shape index (κ1) is 26.6. The Balaban J connectivity index is 1.42. The molecule has 3 aliphatic rings. The number of aliphatic hydroxyl groups excluding tert-OH is 1. The van der Waals surface area contributed by atoms with Gasteiger partial charge in [0.15, 0.2) is 0 Å². The number of nitrogens with one attached hydrogen (secondary N) is 2. The van der Waals surface area contributed by atoms with Crippen LogP contribution in [0.1, 0.15) is 43.0 Å². The molecule has 0 unspecified atom stereocenters. The minimum atomic E-state index is -3.95. The summed E-state index contributed by atoms with van der Waals surface area (Å²) in [6.07, 6.45) is 5.90. The number of halogens is 1. The second-order valence-electron chi connectivity index (χ2n) is 10.3. The Morgan fingerprint density at radius 3 is 2.66 bits per heavy atom. The van der Waals surface area contributed by atoms with Crippen LogP contribution in [-0.4, -0.2) is 80.6 Å². The van der Waals surface area contributed by atoms with Crippen molar-refractivity contribution in [3.63, 3.8) is 0 Å². The minimum absolute atomic E-state index is 0.0313. The number of carbonyl (C=O) groups is 1. The zero-order valence-electron chi connectivity index (χ0n) is 21.3. The van der Waals surface area contributed by atoms with Crippen LogP contribution in [0, 0.1) is 11.2 Å². The Labute approximate surface area is 221 Å². The summed E-state index contributed by atoms with van der Waals surface area (Å²) in [4.78, 5) is 26.2. The van der Waals surface area contributed by atoms with E-state index in [0.717, 1.165) is 18.9 Å². The van der Waals surface area contributed by atoms with Gasteiger partial charge in [-0.05, 0) is 56.2 Å². The third-order valence-corrected chi connectivity index (χ3v) is 8.74. The molecule has 0 bridgehead atoms. The summed E-state index contributed by atoms with van der Waals surface area (Å²) in [5.74, 6) is -1.27. The minimum Gasteiger partial charge on any atom is -0.395 e. The number of rotatable bonds is 8. The molecule has 0 radical (unpaired) electrons. The number of aliphatic hydroxyl groups is 1. The standard InChI is InChI=1S/C25H33FN6O5S/c1-17-16-32(10-12-37-17)24-27-7-2-22(29-24)28-23(34)18-14-19(26)20(30-38(35,36)13-11-33)15-21(18)31-8-5-25(3-4-25)6-9-31/h2,7,14-15,17,30,33H,3-6,8-13,16H2,1H3,(H,27,28,29,34)/t17-/m1/s1. The Kier molecular flexibility index (Phi) is 7.43. The molecule has 3 fully saturated rings. The van der Waals surface area contributed by atoms with Crippen molar-refractivity contribution in [1.29, 1.82) is 0 Å². The molecule has 1 atom stereocenters. The summed E-state index contributed by atoms with van der Waals surface area (Å²) in [5, 5.41) is 11.8. The van der Waals surface area contributed by atoms with Gasteiger partial charge in [0.2, 0.25) is 16.0 Å². The van der Waals surface area contributed by atoms with Crippen LogP contribution in [-0.2, 0) is 14.8 Å². The highest BCUT2D eigenvalue weighted by Crippen LogP contribution is 2.54. The molecule has 5 rings (SSSR count). The van der Waals surface area contributed by atoms with Gasteiger partial charge in [0.25, 0.3) is 5.91 Å². The number of sulfonamides is 1. The summed E-state index contributed by atoms with van der Waals surface area (Å²) in [6, 6.07) is 3.98. The SMILES string of the molecule is C[C@@H]1CN(c2nccc(NC(=O)c3cc(F)c(NS(=O)(=O)CCO)cc3N3CCC4(CC3)CC4)n2)CCO1. The number of morpholine rings is 1. The van der Waals surface area contributed by atoms with E-state index in [0.29, 0.717) is 49.8 Å². The lowest BCUT2D eigenvalue weighted by Crippen LogP contribution is -2.42.